The second-order valence-corrected chi connectivity index (χ2v) is 6.90. The Hall–Kier alpha value is -0.570. The lowest BCUT2D eigenvalue weighted by Gasteiger charge is -2.49. The minimum atomic E-state index is -0.146. The number of hydrogen-bond donors (Lipinski definition) is 1. The van der Waals surface area contributed by atoms with Crippen LogP contribution in [0, 0.1) is 11.3 Å². The first-order chi connectivity index (χ1) is 7.85. The van der Waals surface area contributed by atoms with Gasteiger partial charge < -0.3 is 10.6 Å². The zero-order valence-corrected chi connectivity index (χ0v) is 11.5. The summed E-state index contributed by atoms with van der Waals surface area (Å²) in [5.74, 6) is 0.981. The predicted octanol–water partition coefficient (Wildman–Crippen LogP) is 2.15. The molecule has 0 aromatic heterocycles. The quantitative estimate of drug-likeness (QED) is 0.819. The number of nitrogens with two attached hydrogens (primary N) is 1. The highest BCUT2D eigenvalue weighted by Crippen LogP contribution is 2.45. The van der Waals surface area contributed by atoms with Crippen molar-refractivity contribution < 1.29 is 4.79 Å². The van der Waals surface area contributed by atoms with Gasteiger partial charge in [-0.25, -0.2) is 0 Å². The van der Waals surface area contributed by atoms with Crippen LogP contribution in [0.4, 0.5) is 0 Å². The number of amides is 1. The van der Waals surface area contributed by atoms with Crippen molar-refractivity contribution in [1.29, 1.82) is 0 Å². The predicted molar refractivity (Wildman–Crippen MR) is 69.5 cm³/mol. The Morgan fingerprint density at radius 2 is 1.82 bits per heavy atom. The van der Waals surface area contributed by atoms with Crippen LogP contribution < -0.4 is 5.73 Å². The van der Waals surface area contributed by atoms with Gasteiger partial charge in [0.1, 0.15) is 0 Å². The Morgan fingerprint density at radius 1 is 1.29 bits per heavy atom. The molecule has 2 aliphatic rings. The lowest BCUT2D eigenvalue weighted by molar-refractivity contribution is -0.150. The Kier molecular flexibility index (Phi) is 3.23. The molecule has 2 fully saturated rings. The minimum Gasteiger partial charge on any atom is -0.338 e. The number of hydrogen-bond acceptors (Lipinski definition) is 2. The molecule has 1 heterocycles. The molecule has 2 rings (SSSR count). The number of nitrogens with zero attached hydrogens (tertiary/aromatic N) is 1. The van der Waals surface area contributed by atoms with E-state index in [4.69, 9.17) is 5.73 Å². The van der Waals surface area contributed by atoms with E-state index in [1.807, 2.05) is 11.8 Å². The van der Waals surface area contributed by atoms with Gasteiger partial charge in [-0.1, -0.05) is 26.7 Å². The van der Waals surface area contributed by atoms with Crippen LogP contribution in [0.3, 0.4) is 0 Å². The molecular formula is C14H26N2O. The molecule has 2 N–H and O–H groups in total. The van der Waals surface area contributed by atoms with E-state index < -0.39 is 0 Å². The first-order valence-electron chi connectivity index (χ1n) is 6.93. The molecule has 3 nitrogen and oxygen atoms in total. The van der Waals surface area contributed by atoms with E-state index in [2.05, 4.69) is 13.8 Å². The Labute approximate surface area is 105 Å². The van der Waals surface area contributed by atoms with Crippen molar-refractivity contribution >= 4 is 5.91 Å². The molecule has 1 aliphatic carbocycles. The molecule has 1 saturated carbocycles. The smallest absolute Gasteiger partial charge is 0.228 e. The van der Waals surface area contributed by atoms with Crippen molar-refractivity contribution in [2.45, 2.75) is 58.4 Å². The molecule has 1 saturated heterocycles. The third-order valence-electron chi connectivity index (χ3n) is 4.20. The van der Waals surface area contributed by atoms with Crippen LogP contribution in [0.15, 0.2) is 0 Å². The van der Waals surface area contributed by atoms with Gasteiger partial charge in [0.15, 0.2) is 0 Å². The molecular weight excluding hydrogens is 212 g/mol. The van der Waals surface area contributed by atoms with Crippen molar-refractivity contribution in [1.82, 2.24) is 4.90 Å². The largest absolute Gasteiger partial charge is 0.338 e. The fraction of sp³-hybridized carbons (Fsp3) is 0.929. The molecule has 0 bridgehead atoms. The zero-order chi connectivity index (χ0) is 12.7. The van der Waals surface area contributed by atoms with Crippen molar-refractivity contribution in [3.8, 4) is 0 Å². The van der Waals surface area contributed by atoms with E-state index in [9.17, 15) is 4.79 Å². The van der Waals surface area contributed by atoms with Gasteiger partial charge in [0.2, 0.25) is 5.91 Å². The maximum Gasteiger partial charge on any atom is 0.228 e. The van der Waals surface area contributed by atoms with Crippen molar-refractivity contribution in [3.63, 3.8) is 0 Å². The first kappa shape index (κ1) is 12.9. The molecule has 0 radical (unpaired) electrons. The van der Waals surface area contributed by atoms with Crippen molar-refractivity contribution in [2.75, 3.05) is 13.1 Å². The van der Waals surface area contributed by atoms with E-state index in [-0.39, 0.29) is 11.0 Å². The highest BCUT2D eigenvalue weighted by molar-refractivity contribution is 5.84. The molecule has 0 aromatic rings. The zero-order valence-electron chi connectivity index (χ0n) is 11.5. The summed E-state index contributed by atoms with van der Waals surface area (Å²) in [5, 5.41) is 0. The van der Waals surface area contributed by atoms with E-state index in [0.29, 0.717) is 11.8 Å². The summed E-state index contributed by atoms with van der Waals surface area (Å²) >= 11 is 0. The summed E-state index contributed by atoms with van der Waals surface area (Å²) in [4.78, 5) is 14.6. The van der Waals surface area contributed by atoms with Gasteiger partial charge in [0.05, 0.1) is 0 Å². The topological polar surface area (TPSA) is 46.3 Å². The number of carbonyl (C=O) groups excluding carboxylic acids is 1. The second-order valence-electron chi connectivity index (χ2n) is 6.90. The number of carbonyl (C=O) groups is 1. The molecule has 0 atom stereocenters. The summed E-state index contributed by atoms with van der Waals surface area (Å²) in [6, 6.07) is 0. The normalized spacial score (nSPS) is 26.1. The molecule has 98 valence electrons. The van der Waals surface area contributed by atoms with Crippen LogP contribution in [0.25, 0.3) is 0 Å². The van der Waals surface area contributed by atoms with E-state index >= 15 is 0 Å². The Bertz CT molecular complexity index is 295. The standard InChI is InChI=1S/C14H26N2O/c1-11(2)8-14(6-4-5-7-14)12(17)16-9-13(3,15)10-16/h11H,4-10,15H2,1-3H3. The highest BCUT2D eigenvalue weighted by Gasteiger charge is 2.48. The van der Waals surface area contributed by atoms with Gasteiger partial charge in [0, 0.05) is 24.0 Å². The van der Waals surface area contributed by atoms with Gasteiger partial charge in [-0.3, -0.25) is 4.79 Å². The fourth-order valence-corrected chi connectivity index (χ4v) is 3.64. The van der Waals surface area contributed by atoms with Crippen LogP contribution in [-0.4, -0.2) is 29.4 Å². The highest BCUT2D eigenvalue weighted by atomic mass is 16.2. The molecule has 1 amide bonds. The monoisotopic (exact) mass is 238 g/mol. The number of likely N-dealkylation sites (tertiary alicyclic amines) is 1. The van der Waals surface area contributed by atoms with Gasteiger partial charge in [-0.2, -0.15) is 0 Å². The molecule has 0 aromatic carbocycles. The van der Waals surface area contributed by atoms with E-state index in [1.54, 1.807) is 0 Å². The number of rotatable bonds is 3. The van der Waals surface area contributed by atoms with E-state index in [1.165, 1.54) is 12.8 Å². The molecule has 17 heavy (non-hydrogen) atoms. The Balaban J connectivity index is 2.04. The average Bonchev–Trinajstić information content (AvgIpc) is 2.61. The lowest BCUT2D eigenvalue weighted by Crippen LogP contribution is -2.68. The summed E-state index contributed by atoms with van der Waals surface area (Å²) in [6.07, 6.45) is 5.64. The SMILES string of the molecule is CC(C)CC1(C(=O)N2CC(C)(N)C2)CCCC1. The lowest BCUT2D eigenvalue weighted by atomic mass is 9.76. The summed E-state index contributed by atoms with van der Waals surface area (Å²) in [7, 11) is 0. The van der Waals surface area contributed by atoms with Gasteiger partial charge >= 0.3 is 0 Å². The van der Waals surface area contributed by atoms with Crippen LogP contribution in [0.2, 0.25) is 0 Å². The van der Waals surface area contributed by atoms with Gasteiger partial charge in [0.25, 0.3) is 0 Å². The van der Waals surface area contributed by atoms with E-state index in [0.717, 1.165) is 32.4 Å². The minimum absolute atomic E-state index is 0.0509. The molecule has 3 heteroatoms. The third kappa shape index (κ3) is 2.49. The summed E-state index contributed by atoms with van der Waals surface area (Å²) in [6.45, 7) is 7.95. The second kappa shape index (κ2) is 4.27. The van der Waals surface area contributed by atoms with Crippen molar-refractivity contribution in [3.05, 3.63) is 0 Å². The summed E-state index contributed by atoms with van der Waals surface area (Å²) in [5.41, 5.74) is 5.80. The first-order valence-corrected chi connectivity index (χ1v) is 6.93. The summed E-state index contributed by atoms with van der Waals surface area (Å²) < 4.78 is 0. The van der Waals surface area contributed by atoms with Crippen LogP contribution in [0.1, 0.15) is 52.9 Å². The molecule has 0 unspecified atom stereocenters. The fourth-order valence-electron chi connectivity index (χ4n) is 3.64. The molecule has 1 aliphatic heterocycles. The Morgan fingerprint density at radius 3 is 2.24 bits per heavy atom. The van der Waals surface area contributed by atoms with Gasteiger partial charge in [-0.15, -0.1) is 0 Å². The maximum absolute atomic E-state index is 12.6. The van der Waals surface area contributed by atoms with Crippen LogP contribution in [-0.2, 0) is 4.79 Å². The third-order valence-corrected chi connectivity index (χ3v) is 4.20. The van der Waals surface area contributed by atoms with Crippen LogP contribution >= 0.6 is 0 Å². The average molecular weight is 238 g/mol. The van der Waals surface area contributed by atoms with Gasteiger partial charge in [-0.05, 0) is 32.1 Å². The molecule has 0 spiro atoms. The maximum atomic E-state index is 12.6. The van der Waals surface area contributed by atoms with Crippen molar-refractivity contribution in [2.24, 2.45) is 17.1 Å². The van der Waals surface area contributed by atoms with Crippen LogP contribution in [0.5, 0.6) is 0 Å².